The first-order chi connectivity index (χ1) is 11.6. The van der Waals surface area contributed by atoms with Crippen molar-refractivity contribution in [3.63, 3.8) is 0 Å². The van der Waals surface area contributed by atoms with Crippen LogP contribution in [0, 0.1) is 11.6 Å². The number of benzene rings is 1. The first kappa shape index (κ1) is 16.3. The zero-order valence-corrected chi connectivity index (χ0v) is 13.0. The summed E-state index contributed by atoms with van der Waals surface area (Å²) in [4.78, 5) is 23.9. The van der Waals surface area contributed by atoms with Crippen LogP contribution in [0.5, 0.6) is 0 Å². The lowest BCUT2D eigenvalue weighted by Crippen LogP contribution is -2.33. The Hall–Kier alpha value is -2.57. The van der Waals surface area contributed by atoms with E-state index < -0.39 is 23.1 Å². The highest BCUT2D eigenvalue weighted by Crippen LogP contribution is 2.16. The SMILES string of the molecule is O=C(NCCn1nc2c(cc1=O)CCCC2)c1c(F)cccc1F. The first-order valence-electron chi connectivity index (χ1n) is 7.88. The number of amides is 1. The quantitative estimate of drug-likeness (QED) is 0.928. The fraction of sp³-hybridized carbons (Fsp3) is 0.353. The van der Waals surface area contributed by atoms with E-state index in [1.54, 1.807) is 6.07 Å². The van der Waals surface area contributed by atoms with Gasteiger partial charge in [0.1, 0.15) is 17.2 Å². The van der Waals surface area contributed by atoms with Gasteiger partial charge in [-0.1, -0.05) is 6.07 Å². The van der Waals surface area contributed by atoms with E-state index in [9.17, 15) is 18.4 Å². The number of nitrogens with zero attached hydrogens (tertiary/aromatic N) is 2. The van der Waals surface area contributed by atoms with Gasteiger partial charge in [0.05, 0.1) is 12.2 Å². The summed E-state index contributed by atoms with van der Waals surface area (Å²) in [5.41, 5.74) is 1.04. The third-order valence-corrected chi connectivity index (χ3v) is 4.07. The molecule has 0 saturated heterocycles. The van der Waals surface area contributed by atoms with Crippen molar-refractivity contribution in [3.05, 3.63) is 63.1 Å². The van der Waals surface area contributed by atoms with Crippen LogP contribution in [0.15, 0.2) is 29.1 Å². The summed E-state index contributed by atoms with van der Waals surface area (Å²) in [5.74, 6) is -2.69. The van der Waals surface area contributed by atoms with Crippen LogP contribution in [-0.2, 0) is 19.4 Å². The van der Waals surface area contributed by atoms with Gasteiger partial charge in [-0.25, -0.2) is 13.5 Å². The summed E-state index contributed by atoms with van der Waals surface area (Å²) in [6.45, 7) is 0.201. The van der Waals surface area contributed by atoms with Crippen molar-refractivity contribution in [1.82, 2.24) is 15.1 Å². The van der Waals surface area contributed by atoms with E-state index in [-0.39, 0.29) is 18.6 Å². The molecule has 126 valence electrons. The molecule has 3 rings (SSSR count). The van der Waals surface area contributed by atoms with Gasteiger partial charge in [0.2, 0.25) is 0 Å². The van der Waals surface area contributed by atoms with E-state index in [1.807, 2.05) is 0 Å². The van der Waals surface area contributed by atoms with Crippen molar-refractivity contribution < 1.29 is 13.6 Å². The number of nitrogens with one attached hydrogen (secondary N) is 1. The molecule has 2 aromatic rings. The Morgan fingerprint density at radius 3 is 2.67 bits per heavy atom. The summed E-state index contributed by atoms with van der Waals surface area (Å²) in [5, 5.41) is 6.74. The Morgan fingerprint density at radius 1 is 1.21 bits per heavy atom. The molecule has 1 amide bonds. The number of aromatic nitrogens is 2. The van der Waals surface area contributed by atoms with Gasteiger partial charge in [-0.2, -0.15) is 5.10 Å². The number of aryl methyl sites for hydroxylation is 2. The van der Waals surface area contributed by atoms with E-state index in [0.717, 1.165) is 49.1 Å². The topological polar surface area (TPSA) is 64.0 Å². The molecule has 0 bridgehead atoms. The average Bonchev–Trinajstić information content (AvgIpc) is 2.55. The Balaban J connectivity index is 1.66. The third-order valence-electron chi connectivity index (χ3n) is 4.07. The minimum Gasteiger partial charge on any atom is -0.350 e. The molecule has 0 atom stereocenters. The maximum Gasteiger partial charge on any atom is 0.267 e. The van der Waals surface area contributed by atoms with Crippen LogP contribution in [-0.4, -0.2) is 22.2 Å². The molecule has 1 heterocycles. The molecular formula is C17H17F2N3O2. The Kier molecular flexibility index (Phi) is 4.69. The lowest BCUT2D eigenvalue weighted by molar-refractivity contribution is 0.0943. The molecule has 1 aromatic carbocycles. The van der Waals surface area contributed by atoms with Crippen LogP contribution in [0.1, 0.15) is 34.5 Å². The summed E-state index contributed by atoms with van der Waals surface area (Å²) in [7, 11) is 0. The molecule has 1 aromatic heterocycles. The Morgan fingerprint density at radius 2 is 1.92 bits per heavy atom. The zero-order chi connectivity index (χ0) is 17.1. The molecule has 7 heteroatoms. The molecule has 0 spiro atoms. The van der Waals surface area contributed by atoms with Crippen molar-refractivity contribution in [2.24, 2.45) is 0 Å². The first-order valence-corrected chi connectivity index (χ1v) is 7.88. The van der Waals surface area contributed by atoms with E-state index in [2.05, 4.69) is 10.4 Å². The molecule has 0 unspecified atom stereocenters. The van der Waals surface area contributed by atoms with Crippen LogP contribution >= 0.6 is 0 Å². The van der Waals surface area contributed by atoms with Gasteiger partial charge in [-0.15, -0.1) is 0 Å². The molecule has 5 nitrogen and oxygen atoms in total. The molecule has 1 N–H and O–H groups in total. The van der Waals surface area contributed by atoms with Crippen LogP contribution in [0.2, 0.25) is 0 Å². The minimum atomic E-state index is -0.920. The van der Waals surface area contributed by atoms with E-state index >= 15 is 0 Å². The maximum atomic E-state index is 13.5. The third kappa shape index (κ3) is 3.34. The van der Waals surface area contributed by atoms with Crippen molar-refractivity contribution in [2.45, 2.75) is 32.2 Å². The van der Waals surface area contributed by atoms with Crippen LogP contribution in [0.4, 0.5) is 8.78 Å². The number of carbonyl (C=O) groups is 1. The summed E-state index contributed by atoms with van der Waals surface area (Å²) >= 11 is 0. The van der Waals surface area contributed by atoms with Gasteiger partial charge in [-0.3, -0.25) is 9.59 Å². The van der Waals surface area contributed by atoms with Crippen molar-refractivity contribution in [3.8, 4) is 0 Å². The molecule has 24 heavy (non-hydrogen) atoms. The maximum absolute atomic E-state index is 13.5. The minimum absolute atomic E-state index is 0.0539. The number of halogens is 2. The van der Waals surface area contributed by atoms with Crippen LogP contribution in [0.25, 0.3) is 0 Å². The van der Waals surface area contributed by atoms with Gasteiger partial charge in [0.25, 0.3) is 11.5 Å². The highest BCUT2D eigenvalue weighted by molar-refractivity contribution is 5.94. The predicted octanol–water partition coefficient (Wildman–Crippen LogP) is 1.83. The average molecular weight is 333 g/mol. The lowest BCUT2D eigenvalue weighted by atomic mass is 9.97. The molecule has 0 fully saturated rings. The normalized spacial score (nSPS) is 13.4. The molecule has 0 saturated carbocycles. The van der Waals surface area contributed by atoms with Crippen molar-refractivity contribution in [1.29, 1.82) is 0 Å². The van der Waals surface area contributed by atoms with E-state index in [0.29, 0.717) is 0 Å². The molecular weight excluding hydrogens is 316 g/mol. The van der Waals surface area contributed by atoms with Gasteiger partial charge in [0.15, 0.2) is 0 Å². The molecule has 1 aliphatic rings. The number of carbonyl (C=O) groups excluding carboxylic acids is 1. The van der Waals surface area contributed by atoms with Gasteiger partial charge in [0, 0.05) is 12.6 Å². The second-order valence-corrected chi connectivity index (χ2v) is 5.74. The van der Waals surface area contributed by atoms with Crippen molar-refractivity contribution >= 4 is 5.91 Å². The number of fused-ring (bicyclic) bond motifs is 1. The predicted molar refractivity (Wildman–Crippen MR) is 83.8 cm³/mol. The van der Waals surface area contributed by atoms with E-state index in [4.69, 9.17) is 0 Å². The second kappa shape index (κ2) is 6.90. The standard InChI is InChI=1S/C17H17F2N3O2/c18-12-5-3-6-13(19)16(12)17(24)20-8-9-22-15(23)10-11-4-1-2-7-14(11)21-22/h3,5-6,10H,1-2,4,7-9H2,(H,20,24). The fourth-order valence-corrected chi connectivity index (χ4v) is 2.84. The highest BCUT2D eigenvalue weighted by atomic mass is 19.1. The fourth-order valence-electron chi connectivity index (χ4n) is 2.84. The summed E-state index contributed by atoms with van der Waals surface area (Å²) in [6, 6.07) is 4.82. The largest absolute Gasteiger partial charge is 0.350 e. The summed E-state index contributed by atoms with van der Waals surface area (Å²) in [6.07, 6.45) is 3.80. The molecule has 0 radical (unpaired) electrons. The number of rotatable bonds is 4. The zero-order valence-electron chi connectivity index (χ0n) is 13.0. The highest BCUT2D eigenvalue weighted by Gasteiger charge is 2.17. The second-order valence-electron chi connectivity index (χ2n) is 5.74. The molecule has 1 aliphatic carbocycles. The lowest BCUT2D eigenvalue weighted by Gasteiger charge is -2.16. The van der Waals surface area contributed by atoms with E-state index in [1.165, 1.54) is 10.7 Å². The Labute approximate surface area is 137 Å². The number of hydrogen-bond acceptors (Lipinski definition) is 3. The summed E-state index contributed by atoms with van der Waals surface area (Å²) < 4.78 is 28.4. The van der Waals surface area contributed by atoms with Crippen LogP contribution in [0.3, 0.4) is 0 Å². The van der Waals surface area contributed by atoms with Gasteiger partial charge >= 0.3 is 0 Å². The van der Waals surface area contributed by atoms with Crippen molar-refractivity contribution in [2.75, 3.05) is 6.54 Å². The van der Waals surface area contributed by atoms with Gasteiger partial charge < -0.3 is 5.32 Å². The molecule has 0 aliphatic heterocycles. The Bertz CT molecular complexity index is 813. The smallest absolute Gasteiger partial charge is 0.267 e. The number of hydrogen-bond donors (Lipinski definition) is 1. The van der Waals surface area contributed by atoms with Crippen LogP contribution < -0.4 is 10.9 Å². The van der Waals surface area contributed by atoms with Gasteiger partial charge in [-0.05, 0) is 43.4 Å². The monoisotopic (exact) mass is 333 g/mol.